The topological polar surface area (TPSA) is 41.1 Å². The molecule has 0 aliphatic heterocycles. The normalized spacial score (nSPS) is 10.3. The van der Waals surface area contributed by atoms with Crippen LogP contribution in [0, 0.1) is 6.92 Å². The smallest absolute Gasteiger partial charge is 0.257 e. The third-order valence-electron chi connectivity index (χ3n) is 3.01. The van der Waals surface area contributed by atoms with Gasteiger partial charge in [0.05, 0.1) is 5.56 Å². The van der Waals surface area contributed by atoms with Crippen molar-refractivity contribution in [1.29, 1.82) is 0 Å². The summed E-state index contributed by atoms with van der Waals surface area (Å²) in [5.41, 5.74) is 3.12. The van der Waals surface area contributed by atoms with E-state index in [0.29, 0.717) is 10.6 Å². The number of hydrogen-bond donors (Lipinski definition) is 2. The van der Waals surface area contributed by atoms with Gasteiger partial charge in [-0.05, 0) is 55.8 Å². The molecule has 1 amide bonds. The van der Waals surface area contributed by atoms with Crippen molar-refractivity contribution in [2.45, 2.75) is 13.8 Å². The summed E-state index contributed by atoms with van der Waals surface area (Å²) >= 11 is 9.44. The zero-order chi connectivity index (χ0) is 15.4. The van der Waals surface area contributed by atoms with Crippen LogP contribution < -0.4 is 10.6 Å². The third-order valence-corrected chi connectivity index (χ3v) is 4.13. The summed E-state index contributed by atoms with van der Waals surface area (Å²) in [6, 6.07) is 10.9. The predicted octanol–water partition coefficient (Wildman–Crippen LogP) is 5.10. The van der Waals surface area contributed by atoms with Crippen LogP contribution in [0.1, 0.15) is 22.8 Å². The first-order valence-electron chi connectivity index (χ1n) is 6.62. The fourth-order valence-corrected chi connectivity index (χ4v) is 2.39. The van der Waals surface area contributed by atoms with Gasteiger partial charge < -0.3 is 10.6 Å². The number of anilines is 2. The van der Waals surface area contributed by atoms with Crippen molar-refractivity contribution < 1.29 is 4.79 Å². The molecule has 0 saturated heterocycles. The first-order chi connectivity index (χ1) is 10.0. The number of nitrogens with one attached hydrogen (secondary N) is 2. The molecule has 0 heterocycles. The number of amides is 1. The van der Waals surface area contributed by atoms with Crippen molar-refractivity contribution in [2.24, 2.45) is 0 Å². The summed E-state index contributed by atoms with van der Waals surface area (Å²) in [4.78, 5) is 12.4. The Bertz CT molecular complexity index is 673. The van der Waals surface area contributed by atoms with E-state index in [0.717, 1.165) is 28.0 Å². The van der Waals surface area contributed by atoms with Crippen LogP contribution >= 0.6 is 27.5 Å². The van der Waals surface area contributed by atoms with E-state index in [9.17, 15) is 4.79 Å². The highest BCUT2D eigenvalue weighted by atomic mass is 79.9. The Hall–Kier alpha value is -1.52. The number of carbonyl (C=O) groups is 1. The Morgan fingerprint density at radius 2 is 2.00 bits per heavy atom. The fraction of sp³-hybridized carbons (Fsp3) is 0.188. The second-order valence-corrected chi connectivity index (χ2v) is 5.93. The van der Waals surface area contributed by atoms with E-state index in [1.165, 1.54) is 0 Å². The molecule has 2 aromatic rings. The highest BCUT2D eigenvalue weighted by molar-refractivity contribution is 9.10. The van der Waals surface area contributed by atoms with Gasteiger partial charge in [0.1, 0.15) is 0 Å². The molecule has 3 nitrogen and oxygen atoms in total. The summed E-state index contributed by atoms with van der Waals surface area (Å²) in [6.45, 7) is 4.69. The van der Waals surface area contributed by atoms with Crippen LogP contribution in [0.2, 0.25) is 5.02 Å². The Balaban J connectivity index is 2.27. The summed E-state index contributed by atoms with van der Waals surface area (Å²) in [7, 11) is 0. The van der Waals surface area contributed by atoms with E-state index in [4.69, 9.17) is 11.6 Å². The molecule has 0 unspecified atom stereocenters. The van der Waals surface area contributed by atoms with E-state index < -0.39 is 0 Å². The zero-order valence-corrected chi connectivity index (χ0v) is 14.2. The molecule has 110 valence electrons. The Labute approximate surface area is 137 Å². The van der Waals surface area contributed by atoms with E-state index in [1.807, 2.05) is 38.1 Å². The molecule has 0 fully saturated rings. The van der Waals surface area contributed by atoms with Gasteiger partial charge >= 0.3 is 0 Å². The zero-order valence-electron chi connectivity index (χ0n) is 11.8. The molecule has 0 aliphatic rings. The van der Waals surface area contributed by atoms with Crippen molar-refractivity contribution in [3.8, 4) is 0 Å². The molecule has 0 saturated carbocycles. The largest absolute Gasteiger partial charge is 0.385 e. The van der Waals surface area contributed by atoms with Crippen LogP contribution in [-0.2, 0) is 0 Å². The molecule has 0 aliphatic carbocycles. The Kier molecular flexibility index (Phi) is 5.26. The van der Waals surface area contributed by atoms with E-state index in [1.54, 1.807) is 12.1 Å². The maximum Gasteiger partial charge on any atom is 0.257 e. The van der Waals surface area contributed by atoms with Crippen molar-refractivity contribution in [3.63, 3.8) is 0 Å². The van der Waals surface area contributed by atoms with Crippen molar-refractivity contribution in [1.82, 2.24) is 0 Å². The second-order valence-electron chi connectivity index (χ2n) is 4.64. The van der Waals surface area contributed by atoms with E-state index >= 15 is 0 Å². The quantitative estimate of drug-likeness (QED) is 0.790. The average Bonchev–Trinajstić information content (AvgIpc) is 2.45. The number of rotatable bonds is 4. The Morgan fingerprint density at radius 3 is 2.67 bits per heavy atom. The summed E-state index contributed by atoms with van der Waals surface area (Å²) < 4.78 is 1.01. The lowest BCUT2D eigenvalue weighted by Gasteiger charge is -2.12. The van der Waals surface area contributed by atoms with Gasteiger partial charge in [0.15, 0.2) is 0 Å². The maximum absolute atomic E-state index is 12.4. The van der Waals surface area contributed by atoms with E-state index in [2.05, 4.69) is 26.6 Å². The van der Waals surface area contributed by atoms with Crippen LogP contribution in [0.3, 0.4) is 0 Å². The van der Waals surface area contributed by atoms with Gasteiger partial charge in [0.2, 0.25) is 0 Å². The number of aryl methyl sites for hydroxylation is 1. The average molecular weight is 368 g/mol. The molecule has 2 aromatic carbocycles. The van der Waals surface area contributed by atoms with Crippen LogP contribution in [0.25, 0.3) is 0 Å². The minimum atomic E-state index is -0.185. The summed E-state index contributed by atoms with van der Waals surface area (Å²) in [5.74, 6) is -0.185. The number of benzene rings is 2. The van der Waals surface area contributed by atoms with Gasteiger partial charge in [0.25, 0.3) is 5.91 Å². The number of hydrogen-bond acceptors (Lipinski definition) is 2. The van der Waals surface area contributed by atoms with Crippen LogP contribution in [0.5, 0.6) is 0 Å². The summed E-state index contributed by atoms with van der Waals surface area (Å²) in [5, 5.41) is 6.59. The van der Waals surface area contributed by atoms with Crippen LogP contribution in [0.4, 0.5) is 11.4 Å². The molecule has 5 heteroatoms. The Morgan fingerprint density at radius 1 is 1.24 bits per heavy atom. The predicted molar refractivity (Wildman–Crippen MR) is 92.4 cm³/mol. The highest BCUT2D eigenvalue weighted by Crippen LogP contribution is 2.24. The standard InChI is InChI=1S/C16H16BrClN2O/c1-3-19-15-7-4-11(18)9-13(15)16(21)20-12-5-6-14(17)10(2)8-12/h4-9,19H,3H2,1-2H3,(H,20,21). The van der Waals surface area contributed by atoms with Crippen molar-refractivity contribution in [3.05, 3.63) is 57.0 Å². The molecule has 0 spiro atoms. The highest BCUT2D eigenvalue weighted by Gasteiger charge is 2.12. The van der Waals surface area contributed by atoms with Gasteiger partial charge in [-0.1, -0.05) is 27.5 Å². The number of halogens is 2. The molecule has 0 bridgehead atoms. The molecule has 2 rings (SSSR count). The summed E-state index contributed by atoms with van der Waals surface area (Å²) in [6.07, 6.45) is 0. The lowest BCUT2D eigenvalue weighted by molar-refractivity contribution is 0.102. The minimum absolute atomic E-state index is 0.185. The lowest BCUT2D eigenvalue weighted by atomic mass is 10.1. The lowest BCUT2D eigenvalue weighted by Crippen LogP contribution is -2.15. The van der Waals surface area contributed by atoms with Crippen molar-refractivity contribution in [2.75, 3.05) is 17.2 Å². The fourth-order valence-electron chi connectivity index (χ4n) is 1.97. The van der Waals surface area contributed by atoms with Gasteiger partial charge in [-0.3, -0.25) is 4.79 Å². The molecular formula is C16H16BrClN2O. The SMILES string of the molecule is CCNc1ccc(Cl)cc1C(=O)Nc1ccc(Br)c(C)c1. The molecule has 21 heavy (non-hydrogen) atoms. The first-order valence-corrected chi connectivity index (χ1v) is 7.79. The molecule has 0 aromatic heterocycles. The second kappa shape index (κ2) is 6.96. The van der Waals surface area contributed by atoms with Crippen LogP contribution in [-0.4, -0.2) is 12.5 Å². The third kappa shape index (κ3) is 3.99. The van der Waals surface area contributed by atoms with Gasteiger partial charge in [-0.2, -0.15) is 0 Å². The van der Waals surface area contributed by atoms with Crippen LogP contribution in [0.15, 0.2) is 40.9 Å². The molecule has 2 N–H and O–H groups in total. The van der Waals surface area contributed by atoms with Gasteiger partial charge in [-0.25, -0.2) is 0 Å². The van der Waals surface area contributed by atoms with Gasteiger partial charge in [-0.15, -0.1) is 0 Å². The monoisotopic (exact) mass is 366 g/mol. The first kappa shape index (κ1) is 15.9. The molecule has 0 atom stereocenters. The molecule has 0 radical (unpaired) electrons. The van der Waals surface area contributed by atoms with Gasteiger partial charge in [0, 0.05) is 27.4 Å². The van der Waals surface area contributed by atoms with Crippen molar-refractivity contribution >= 4 is 44.8 Å². The maximum atomic E-state index is 12.4. The minimum Gasteiger partial charge on any atom is -0.385 e. The molecular weight excluding hydrogens is 352 g/mol. The number of carbonyl (C=O) groups excluding carboxylic acids is 1. The van der Waals surface area contributed by atoms with E-state index in [-0.39, 0.29) is 5.91 Å².